The Labute approximate surface area is 84.5 Å². The van der Waals surface area contributed by atoms with Gasteiger partial charge in [0.1, 0.15) is 5.83 Å². The van der Waals surface area contributed by atoms with Crippen molar-refractivity contribution in [2.24, 2.45) is 0 Å². The zero-order valence-electron chi connectivity index (χ0n) is 8.52. The fourth-order valence-corrected chi connectivity index (χ4v) is 2.06. The Kier molecular flexibility index (Phi) is 2.67. The Balaban J connectivity index is 2.27. The van der Waals surface area contributed by atoms with Gasteiger partial charge in [-0.25, -0.2) is 4.39 Å². The van der Waals surface area contributed by atoms with Crippen LogP contribution in [0, 0.1) is 0 Å². The molecular formula is C13H15F. The van der Waals surface area contributed by atoms with Crippen molar-refractivity contribution in [3.8, 4) is 0 Å². The van der Waals surface area contributed by atoms with E-state index in [9.17, 15) is 4.39 Å². The van der Waals surface area contributed by atoms with E-state index in [4.69, 9.17) is 0 Å². The normalized spacial score (nSPS) is 22.1. The first-order chi connectivity index (χ1) is 6.77. The molecule has 14 heavy (non-hydrogen) atoms. The Morgan fingerprint density at radius 3 is 2.64 bits per heavy atom. The van der Waals surface area contributed by atoms with Crippen molar-refractivity contribution in [3.63, 3.8) is 0 Å². The lowest BCUT2D eigenvalue weighted by molar-refractivity contribution is 0.582. The lowest BCUT2D eigenvalue weighted by Gasteiger charge is -2.18. The second-order valence-electron chi connectivity index (χ2n) is 3.91. The van der Waals surface area contributed by atoms with E-state index in [0.717, 1.165) is 19.3 Å². The number of hydrogen-bond acceptors (Lipinski definition) is 0. The summed E-state index contributed by atoms with van der Waals surface area (Å²) in [4.78, 5) is 0. The van der Waals surface area contributed by atoms with Gasteiger partial charge in [-0.05, 0) is 49.0 Å². The zero-order chi connectivity index (χ0) is 9.97. The number of halogens is 1. The smallest absolute Gasteiger partial charge is 0.100 e. The molecule has 0 amide bonds. The van der Waals surface area contributed by atoms with E-state index in [1.54, 1.807) is 6.08 Å². The van der Waals surface area contributed by atoms with Crippen LogP contribution >= 0.6 is 0 Å². The monoisotopic (exact) mass is 190 g/mol. The Bertz CT molecular complexity index is 353. The van der Waals surface area contributed by atoms with E-state index in [2.05, 4.69) is 19.1 Å². The van der Waals surface area contributed by atoms with E-state index in [-0.39, 0.29) is 5.83 Å². The quantitative estimate of drug-likeness (QED) is 0.580. The minimum absolute atomic E-state index is 0.0124. The highest BCUT2D eigenvalue weighted by molar-refractivity contribution is 5.44. The second-order valence-corrected chi connectivity index (χ2v) is 3.91. The topological polar surface area (TPSA) is 0 Å². The van der Waals surface area contributed by atoms with Gasteiger partial charge in [-0.3, -0.25) is 0 Å². The van der Waals surface area contributed by atoms with E-state index >= 15 is 0 Å². The lowest BCUT2D eigenvalue weighted by Crippen LogP contribution is -1.99. The molecule has 0 nitrogen and oxygen atoms in total. The van der Waals surface area contributed by atoms with Crippen LogP contribution in [0.3, 0.4) is 0 Å². The van der Waals surface area contributed by atoms with Crippen LogP contribution in [0.15, 0.2) is 46.9 Å². The molecule has 0 atom stereocenters. The van der Waals surface area contributed by atoms with Gasteiger partial charge in [-0.15, -0.1) is 0 Å². The molecule has 74 valence electrons. The average molecular weight is 190 g/mol. The largest absolute Gasteiger partial charge is 0.212 e. The molecule has 0 saturated heterocycles. The highest BCUT2D eigenvalue weighted by Crippen LogP contribution is 2.31. The van der Waals surface area contributed by atoms with E-state index in [1.165, 1.54) is 16.7 Å². The van der Waals surface area contributed by atoms with Gasteiger partial charge in [0, 0.05) is 6.42 Å². The summed E-state index contributed by atoms with van der Waals surface area (Å²) in [6.45, 7) is 2.14. The van der Waals surface area contributed by atoms with Crippen molar-refractivity contribution < 1.29 is 4.39 Å². The molecule has 0 aromatic heterocycles. The molecule has 1 heteroatoms. The molecule has 0 heterocycles. The number of hydrogen-bond donors (Lipinski definition) is 0. The summed E-state index contributed by atoms with van der Waals surface area (Å²) in [5.41, 5.74) is 4.10. The van der Waals surface area contributed by atoms with E-state index in [0.29, 0.717) is 6.42 Å². The molecule has 0 fully saturated rings. The predicted molar refractivity (Wildman–Crippen MR) is 57.6 cm³/mol. The summed E-state index contributed by atoms with van der Waals surface area (Å²) in [6.07, 6.45) is 11.6. The fourth-order valence-electron chi connectivity index (χ4n) is 2.06. The van der Waals surface area contributed by atoms with Gasteiger partial charge < -0.3 is 0 Å². The van der Waals surface area contributed by atoms with Gasteiger partial charge in [-0.1, -0.05) is 18.2 Å². The minimum atomic E-state index is 0.0124. The fraction of sp³-hybridized carbons (Fsp3) is 0.385. The summed E-state index contributed by atoms with van der Waals surface area (Å²) in [7, 11) is 0. The molecule has 0 aromatic rings. The highest BCUT2D eigenvalue weighted by atomic mass is 19.1. The SMILES string of the molecule is CC1=C(C2=CC=C(F)CC2)CCC=C1. The van der Waals surface area contributed by atoms with Crippen molar-refractivity contribution in [1.29, 1.82) is 0 Å². The van der Waals surface area contributed by atoms with E-state index < -0.39 is 0 Å². The van der Waals surface area contributed by atoms with Gasteiger partial charge in [0.15, 0.2) is 0 Å². The van der Waals surface area contributed by atoms with Gasteiger partial charge in [0.2, 0.25) is 0 Å². The van der Waals surface area contributed by atoms with Crippen LogP contribution in [0.1, 0.15) is 32.6 Å². The molecular weight excluding hydrogens is 175 g/mol. The molecule has 0 unspecified atom stereocenters. The van der Waals surface area contributed by atoms with Crippen LogP contribution < -0.4 is 0 Å². The number of allylic oxidation sites excluding steroid dienone is 8. The third kappa shape index (κ3) is 1.87. The molecule has 0 spiro atoms. The summed E-state index contributed by atoms with van der Waals surface area (Å²) in [5, 5.41) is 0. The Hall–Kier alpha value is -1.11. The maximum absolute atomic E-state index is 12.8. The molecule has 0 saturated carbocycles. The molecule has 0 aromatic carbocycles. The predicted octanol–water partition coefficient (Wildman–Crippen LogP) is 4.23. The first-order valence-electron chi connectivity index (χ1n) is 5.19. The minimum Gasteiger partial charge on any atom is -0.212 e. The number of rotatable bonds is 1. The summed E-state index contributed by atoms with van der Waals surface area (Å²) < 4.78 is 12.8. The van der Waals surface area contributed by atoms with Crippen molar-refractivity contribution in [2.45, 2.75) is 32.6 Å². The average Bonchev–Trinajstić information content (AvgIpc) is 2.20. The van der Waals surface area contributed by atoms with Crippen molar-refractivity contribution >= 4 is 0 Å². The molecule has 0 radical (unpaired) electrons. The van der Waals surface area contributed by atoms with Gasteiger partial charge >= 0.3 is 0 Å². The van der Waals surface area contributed by atoms with Crippen LogP contribution in [-0.4, -0.2) is 0 Å². The van der Waals surface area contributed by atoms with Crippen LogP contribution in [-0.2, 0) is 0 Å². The zero-order valence-corrected chi connectivity index (χ0v) is 8.52. The van der Waals surface area contributed by atoms with Crippen LogP contribution in [0.5, 0.6) is 0 Å². The molecule has 0 aliphatic heterocycles. The first-order valence-corrected chi connectivity index (χ1v) is 5.19. The standard InChI is InChI=1S/C13H15F/c1-10-4-2-3-5-13(10)11-6-8-12(14)9-7-11/h2,4,6,8H,3,5,7,9H2,1H3. The third-order valence-electron chi connectivity index (χ3n) is 2.89. The Morgan fingerprint density at radius 1 is 1.14 bits per heavy atom. The molecule has 2 aliphatic rings. The van der Waals surface area contributed by atoms with Crippen LogP contribution in [0.4, 0.5) is 4.39 Å². The van der Waals surface area contributed by atoms with Gasteiger partial charge in [0.25, 0.3) is 0 Å². The Morgan fingerprint density at radius 2 is 2.00 bits per heavy atom. The third-order valence-corrected chi connectivity index (χ3v) is 2.89. The molecule has 0 N–H and O–H groups in total. The molecule has 0 bridgehead atoms. The highest BCUT2D eigenvalue weighted by Gasteiger charge is 2.13. The first kappa shape index (κ1) is 9.45. The van der Waals surface area contributed by atoms with E-state index in [1.807, 2.05) is 6.08 Å². The summed E-state index contributed by atoms with van der Waals surface area (Å²) in [5.74, 6) is 0.0124. The lowest BCUT2D eigenvalue weighted by atomic mass is 9.88. The maximum atomic E-state index is 12.8. The second kappa shape index (κ2) is 3.95. The van der Waals surface area contributed by atoms with Crippen LogP contribution in [0.2, 0.25) is 0 Å². The molecule has 2 aliphatic carbocycles. The summed E-state index contributed by atoms with van der Waals surface area (Å²) >= 11 is 0. The van der Waals surface area contributed by atoms with Gasteiger partial charge in [0.05, 0.1) is 0 Å². The molecule has 2 rings (SSSR count). The van der Waals surface area contributed by atoms with Crippen molar-refractivity contribution in [1.82, 2.24) is 0 Å². The van der Waals surface area contributed by atoms with Crippen molar-refractivity contribution in [3.05, 3.63) is 46.9 Å². The maximum Gasteiger partial charge on any atom is 0.100 e. The van der Waals surface area contributed by atoms with Crippen molar-refractivity contribution in [2.75, 3.05) is 0 Å². The summed E-state index contributed by atoms with van der Waals surface area (Å²) in [6, 6.07) is 0. The van der Waals surface area contributed by atoms with Gasteiger partial charge in [-0.2, -0.15) is 0 Å². The van der Waals surface area contributed by atoms with Crippen LogP contribution in [0.25, 0.3) is 0 Å².